The second kappa shape index (κ2) is 6.22. The summed E-state index contributed by atoms with van der Waals surface area (Å²) in [6.45, 7) is 2.24. The Morgan fingerprint density at radius 1 is 1.45 bits per heavy atom. The lowest BCUT2D eigenvalue weighted by atomic mass is 10.1. The summed E-state index contributed by atoms with van der Waals surface area (Å²) < 4.78 is 5.38. The number of pyridine rings is 1. The Bertz CT molecular complexity index is 646. The number of aromatic hydroxyl groups is 1. The van der Waals surface area contributed by atoms with Crippen molar-refractivity contribution in [2.75, 3.05) is 0 Å². The molecule has 22 heavy (non-hydrogen) atoms. The summed E-state index contributed by atoms with van der Waals surface area (Å²) in [6, 6.07) is 5.42. The van der Waals surface area contributed by atoms with E-state index in [0.717, 1.165) is 37.0 Å². The third-order valence-corrected chi connectivity index (χ3v) is 4.14. The van der Waals surface area contributed by atoms with Gasteiger partial charge in [0, 0.05) is 12.2 Å². The number of carbonyl (C=O) groups is 1. The van der Waals surface area contributed by atoms with Crippen LogP contribution in [0.25, 0.3) is 0 Å². The van der Waals surface area contributed by atoms with Crippen molar-refractivity contribution in [1.82, 2.24) is 9.88 Å². The van der Waals surface area contributed by atoms with Gasteiger partial charge in [-0.2, -0.15) is 0 Å². The van der Waals surface area contributed by atoms with Gasteiger partial charge in [-0.15, -0.1) is 0 Å². The minimum atomic E-state index is -0.235. The number of aryl methyl sites for hydroxylation is 1. The third-order valence-electron chi connectivity index (χ3n) is 4.14. The smallest absolute Gasteiger partial charge is 0.276 e. The molecule has 0 unspecified atom stereocenters. The van der Waals surface area contributed by atoms with E-state index in [9.17, 15) is 9.90 Å². The van der Waals surface area contributed by atoms with E-state index in [1.165, 1.54) is 0 Å². The fraction of sp³-hybridized carbons (Fsp3) is 0.412. The van der Waals surface area contributed by atoms with Crippen molar-refractivity contribution >= 4 is 5.91 Å². The van der Waals surface area contributed by atoms with Gasteiger partial charge in [0.2, 0.25) is 0 Å². The Hall–Kier alpha value is -2.30. The van der Waals surface area contributed by atoms with E-state index >= 15 is 0 Å². The zero-order valence-corrected chi connectivity index (χ0v) is 12.7. The first-order chi connectivity index (χ1) is 10.6. The molecule has 0 radical (unpaired) electrons. The molecule has 116 valence electrons. The Morgan fingerprint density at radius 3 is 2.86 bits per heavy atom. The molecule has 0 aliphatic heterocycles. The van der Waals surface area contributed by atoms with E-state index in [0.29, 0.717) is 6.54 Å². The Balaban J connectivity index is 1.88. The van der Waals surface area contributed by atoms with E-state index in [1.807, 2.05) is 19.1 Å². The molecule has 1 amide bonds. The maximum atomic E-state index is 12.9. The predicted octanol–water partition coefficient (Wildman–Crippen LogP) is 3.27. The number of amides is 1. The van der Waals surface area contributed by atoms with Crippen molar-refractivity contribution in [3.63, 3.8) is 0 Å². The topological polar surface area (TPSA) is 66.6 Å². The zero-order chi connectivity index (χ0) is 15.5. The van der Waals surface area contributed by atoms with Gasteiger partial charge < -0.3 is 14.4 Å². The molecule has 5 heteroatoms. The zero-order valence-electron chi connectivity index (χ0n) is 12.7. The van der Waals surface area contributed by atoms with Gasteiger partial charge in [0.25, 0.3) is 5.91 Å². The number of carbonyl (C=O) groups excluding carboxylic acids is 1. The number of hydrogen-bond donors (Lipinski definition) is 1. The monoisotopic (exact) mass is 300 g/mol. The summed E-state index contributed by atoms with van der Waals surface area (Å²) in [7, 11) is 0. The summed E-state index contributed by atoms with van der Waals surface area (Å²) in [6.07, 6.45) is 7.43. The highest BCUT2D eigenvalue weighted by Gasteiger charge is 2.30. The van der Waals surface area contributed by atoms with Gasteiger partial charge in [-0.25, -0.2) is 4.98 Å². The lowest BCUT2D eigenvalue weighted by Gasteiger charge is -2.28. The van der Waals surface area contributed by atoms with Crippen LogP contribution in [0.2, 0.25) is 0 Å². The van der Waals surface area contributed by atoms with Crippen molar-refractivity contribution in [2.45, 2.75) is 45.2 Å². The molecule has 0 aromatic carbocycles. The Kier molecular flexibility index (Phi) is 4.13. The number of hydrogen-bond acceptors (Lipinski definition) is 4. The van der Waals surface area contributed by atoms with E-state index in [4.69, 9.17) is 4.42 Å². The molecular weight excluding hydrogens is 280 g/mol. The normalized spacial score (nSPS) is 15.1. The summed E-state index contributed by atoms with van der Waals surface area (Å²) in [5.74, 6) is 0.445. The van der Waals surface area contributed by atoms with Gasteiger partial charge in [0.1, 0.15) is 11.5 Å². The van der Waals surface area contributed by atoms with Crippen molar-refractivity contribution in [3.05, 3.63) is 47.7 Å². The standard InChI is InChI=1S/C17H20N2O3/c1-12-9-15(20)16(18-10-12)17(21)19(13-5-2-3-6-13)11-14-7-4-8-22-14/h4,7-10,13,20H,2-3,5-6,11H2,1H3. The SMILES string of the molecule is Cc1cnc(C(=O)N(Cc2ccco2)C2CCCC2)c(O)c1. The van der Waals surface area contributed by atoms with Crippen molar-refractivity contribution in [1.29, 1.82) is 0 Å². The first kappa shape index (κ1) is 14.6. The predicted molar refractivity (Wildman–Crippen MR) is 81.5 cm³/mol. The number of rotatable bonds is 4. The van der Waals surface area contributed by atoms with Crippen LogP contribution in [0, 0.1) is 6.92 Å². The molecule has 0 atom stereocenters. The fourth-order valence-electron chi connectivity index (χ4n) is 3.01. The summed E-state index contributed by atoms with van der Waals surface area (Å²) in [5, 5.41) is 10.0. The average Bonchev–Trinajstić information content (AvgIpc) is 3.17. The van der Waals surface area contributed by atoms with E-state index in [2.05, 4.69) is 4.98 Å². The molecule has 5 nitrogen and oxygen atoms in total. The van der Waals surface area contributed by atoms with Gasteiger partial charge in [0.05, 0.1) is 12.8 Å². The molecule has 1 saturated carbocycles. The highest BCUT2D eigenvalue weighted by Crippen LogP contribution is 2.28. The highest BCUT2D eigenvalue weighted by molar-refractivity contribution is 5.95. The van der Waals surface area contributed by atoms with Crippen LogP contribution < -0.4 is 0 Å². The van der Waals surface area contributed by atoms with E-state index in [1.54, 1.807) is 23.4 Å². The highest BCUT2D eigenvalue weighted by atomic mass is 16.3. The van der Waals surface area contributed by atoms with Crippen LogP contribution in [0.15, 0.2) is 35.1 Å². The Morgan fingerprint density at radius 2 is 2.23 bits per heavy atom. The maximum absolute atomic E-state index is 12.9. The molecule has 3 rings (SSSR count). The molecule has 0 spiro atoms. The molecular formula is C17H20N2O3. The minimum absolute atomic E-state index is 0.0626. The van der Waals surface area contributed by atoms with Crippen LogP contribution >= 0.6 is 0 Å². The van der Waals surface area contributed by atoms with Crippen LogP contribution in [-0.4, -0.2) is 26.9 Å². The molecule has 1 fully saturated rings. The fourth-order valence-corrected chi connectivity index (χ4v) is 3.01. The summed E-state index contributed by atoms with van der Waals surface area (Å²) in [4.78, 5) is 18.8. The Labute approximate surface area is 129 Å². The first-order valence-corrected chi connectivity index (χ1v) is 7.64. The lowest BCUT2D eigenvalue weighted by molar-refractivity contribution is 0.0639. The van der Waals surface area contributed by atoms with Crippen LogP contribution in [0.3, 0.4) is 0 Å². The molecule has 2 aromatic rings. The molecule has 1 aliphatic rings. The lowest BCUT2D eigenvalue weighted by Crippen LogP contribution is -2.38. The molecule has 0 saturated heterocycles. The second-order valence-electron chi connectivity index (χ2n) is 5.83. The summed E-state index contributed by atoms with van der Waals surface area (Å²) >= 11 is 0. The van der Waals surface area contributed by atoms with Gasteiger partial charge in [-0.1, -0.05) is 12.8 Å². The molecule has 0 bridgehead atoms. The van der Waals surface area contributed by atoms with Crippen LogP contribution in [0.1, 0.15) is 47.5 Å². The van der Waals surface area contributed by atoms with Crippen molar-refractivity contribution in [2.24, 2.45) is 0 Å². The van der Waals surface area contributed by atoms with Gasteiger partial charge in [0.15, 0.2) is 5.69 Å². The van der Waals surface area contributed by atoms with Crippen LogP contribution in [0.5, 0.6) is 5.75 Å². The number of nitrogens with zero attached hydrogens (tertiary/aromatic N) is 2. The van der Waals surface area contributed by atoms with Crippen molar-refractivity contribution in [3.8, 4) is 5.75 Å². The number of aromatic nitrogens is 1. The van der Waals surface area contributed by atoms with Crippen molar-refractivity contribution < 1.29 is 14.3 Å². The van der Waals surface area contributed by atoms with Gasteiger partial charge >= 0.3 is 0 Å². The molecule has 2 heterocycles. The molecule has 1 N–H and O–H groups in total. The summed E-state index contributed by atoms with van der Waals surface area (Å²) in [5.41, 5.74) is 0.941. The second-order valence-corrected chi connectivity index (χ2v) is 5.83. The maximum Gasteiger partial charge on any atom is 0.276 e. The molecule has 1 aliphatic carbocycles. The molecule has 2 aromatic heterocycles. The van der Waals surface area contributed by atoms with Gasteiger partial charge in [-0.3, -0.25) is 4.79 Å². The van der Waals surface area contributed by atoms with Gasteiger partial charge in [-0.05, 0) is 43.5 Å². The van der Waals surface area contributed by atoms with Crippen LogP contribution in [0.4, 0.5) is 0 Å². The van der Waals surface area contributed by atoms with E-state index in [-0.39, 0.29) is 23.4 Å². The average molecular weight is 300 g/mol. The third kappa shape index (κ3) is 2.98. The first-order valence-electron chi connectivity index (χ1n) is 7.64. The number of furan rings is 1. The van der Waals surface area contributed by atoms with E-state index < -0.39 is 0 Å². The minimum Gasteiger partial charge on any atom is -0.505 e. The largest absolute Gasteiger partial charge is 0.505 e. The van der Waals surface area contributed by atoms with Crippen LogP contribution in [-0.2, 0) is 6.54 Å². The quantitative estimate of drug-likeness (QED) is 0.941.